The summed E-state index contributed by atoms with van der Waals surface area (Å²) in [6, 6.07) is 9.52. The molecule has 1 heterocycles. The number of aryl methyl sites for hydroxylation is 1. The molecule has 2 rings (SSSR count). The highest BCUT2D eigenvalue weighted by molar-refractivity contribution is 8.00. The highest BCUT2D eigenvalue weighted by atomic mass is 32.2. The molecule has 0 aliphatic heterocycles. The lowest BCUT2D eigenvalue weighted by Gasteiger charge is -2.10. The van der Waals surface area contributed by atoms with Crippen LogP contribution in [0.3, 0.4) is 0 Å². The third-order valence-electron chi connectivity index (χ3n) is 3.80. The first kappa shape index (κ1) is 19.0. The van der Waals surface area contributed by atoms with Crippen LogP contribution in [-0.2, 0) is 9.53 Å². The van der Waals surface area contributed by atoms with Gasteiger partial charge in [-0.3, -0.25) is 14.4 Å². The summed E-state index contributed by atoms with van der Waals surface area (Å²) in [4.78, 5) is 39.9. The van der Waals surface area contributed by atoms with Crippen molar-refractivity contribution >= 4 is 29.3 Å². The number of thioether (sulfide) groups is 1. The fourth-order valence-electron chi connectivity index (χ4n) is 2.63. The molecule has 1 atom stereocenters. The van der Waals surface area contributed by atoms with Gasteiger partial charge >= 0.3 is 5.97 Å². The van der Waals surface area contributed by atoms with Crippen LogP contribution in [0.15, 0.2) is 35.2 Å². The Bertz CT molecular complexity index is 795. The summed E-state index contributed by atoms with van der Waals surface area (Å²) in [6.07, 6.45) is 0. The van der Waals surface area contributed by atoms with E-state index in [9.17, 15) is 14.4 Å². The predicted octanol–water partition coefficient (Wildman–Crippen LogP) is 3.74. The number of ketones is 2. The van der Waals surface area contributed by atoms with Crippen LogP contribution in [0, 0.1) is 13.8 Å². The van der Waals surface area contributed by atoms with E-state index < -0.39 is 11.2 Å². The second-order valence-corrected chi connectivity index (χ2v) is 7.20. The van der Waals surface area contributed by atoms with Crippen molar-refractivity contribution in [2.75, 3.05) is 6.61 Å². The quantitative estimate of drug-likeness (QED) is 0.463. The minimum absolute atomic E-state index is 0.102. The summed E-state index contributed by atoms with van der Waals surface area (Å²) in [5, 5.41) is -0.422. The molecular formula is C19H21NO4S. The average Bonchev–Trinajstić information content (AvgIpc) is 2.87. The molecule has 6 heteroatoms. The predicted molar refractivity (Wildman–Crippen MR) is 97.3 cm³/mol. The van der Waals surface area contributed by atoms with Crippen LogP contribution in [-0.4, -0.2) is 34.4 Å². The van der Waals surface area contributed by atoms with Gasteiger partial charge in [0, 0.05) is 16.2 Å². The molecule has 0 amide bonds. The first-order chi connectivity index (χ1) is 11.8. The van der Waals surface area contributed by atoms with Gasteiger partial charge in [0.2, 0.25) is 5.78 Å². The van der Waals surface area contributed by atoms with Crippen LogP contribution in [0.1, 0.15) is 46.0 Å². The van der Waals surface area contributed by atoms with Gasteiger partial charge < -0.3 is 9.72 Å². The molecule has 0 fully saturated rings. The SMILES string of the molecule is CC(=O)c1c(C)[nH]c(C(=O)COC(=O)[C@H](C)Sc2ccccc2)c1C. The number of benzene rings is 1. The molecule has 0 spiro atoms. The van der Waals surface area contributed by atoms with E-state index in [1.165, 1.54) is 18.7 Å². The zero-order chi connectivity index (χ0) is 18.6. The Morgan fingerprint density at radius 1 is 1.16 bits per heavy atom. The van der Waals surface area contributed by atoms with Crippen molar-refractivity contribution in [3.05, 3.63) is 52.8 Å². The minimum Gasteiger partial charge on any atom is -0.456 e. The van der Waals surface area contributed by atoms with Gasteiger partial charge in [-0.25, -0.2) is 0 Å². The molecule has 0 saturated carbocycles. The van der Waals surface area contributed by atoms with Crippen molar-refractivity contribution in [3.63, 3.8) is 0 Å². The Hall–Kier alpha value is -2.34. The van der Waals surface area contributed by atoms with Crippen LogP contribution < -0.4 is 0 Å². The van der Waals surface area contributed by atoms with E-state index >= 15 is 0 Å². The van der Waals surface area contributed by atoms with E-state index in [-0.39, 0.29) is 18.2 Å². The smallest absolute Gasteiger partial charge is 0.319 e. The van der Waals surface area contributed by atoms with E-state index in [1.54, 1.807) is 20.8 Å². The summed E-state index contributed by atoms with van der Waals surface area (Å²) in [5.41, 5.74) is 2.08. The maximum Gasteiger partial charge on any atom is 0.319 e. The monoisotopic (exact) mass is 359 g/mol. The highest BCUT2D eigenvalue weighted by Crippen LogP contribution is 2.24. The van der Waals surface area contributed by atoms with E-state index in [2.05, 4.69) is 4.98 Å². The van der Waals surface area contributed by atoms with Gasteiger partial charge in [-0.15, -0.1) is 11.8 Å². The van der Waals surface area contributed by atoms with Gasteiger partial charge in [0.25, 0.3) is 0 Å². The number of hydrogen-bond acceptors (Lipinski definition) is 5. The van der Waals surface area contributed by atoms with Crippen molar-refractivity contribution in [2.24, 2.45) is 0 Å². The van der Waals surface area contributed by atoms with E-state index in [0.717, 1.165) is 4.90 Å². The molecule has 1 aromatic carbocycles. The van der Waals surface area contributed by atoms with Crippen molar-refractivity contribution in [3.8, 4) is 0 Å². The summed E-state index contributed by atoms with van der Waals surface area (Å²) in [5.74, 6) is -0.900. The van der Waals surface area contributed by atoms with Crippen LogP contribution in [0.4, 0.5) is 0 Å². The molecule has 0 bridgehead atoms. The number of aromatic amines is 1. The molecule has 0 saturated heterocycles. The molecule has 5 nitrogen and oxygen atoms in total. The Morgan fingerprint density at radius 3 is 2.36 bits per heavy atom. The van der Waals surface area contributed by atoms with Gasteiger partial charge in [0.05, 0.1) is 5.69 Å². The Labute approximate surface area is 151 Å². The standard InChI is InChI=1S/C19H21NO4S/c1-11-17(13(3)21)12(2)20-18(11)16(22)10-24-19(23)14(4)25-15-8-6-5-7-9-15/h5-9,14,20H,10H2,1-4H3/t14-/m0/s1. The Balaban J connectivity index is 1.96. The number of rotatable bonds is 7. The summed E-state index contributed by atoms with van der Waals surface area (Å²) in [6.45, 7) is 6.30. The maximum atomic E-state index is 12.3. The lowest BCUT2D eigenvalue weighted by molar-refractivity contribution is -0.141. The van der Waals surface area contributed by atoms with Crippen LogP contribution in [0.2, 0.25) is 0 Å². The van der Waals surface area contributed by atoms with Crippen molar-refractivity contribution in [2.45, 2.75) is 37.8 Å². The van der Waals surface area contributed by atoms with Gasteiger partial charge in [-0.1, -0.05) is 18.2 Å². The molecule has 1 aromatic heterocycles. The fourth-order valence-corrected chi connectivity index (χ4v) is 3.52. The number of H-pyrrole nitrogens is 1. The Morgan fingerprint density at radius 2 is 1.80 bits per heavy atom. The number of carbonyl (C=O) groups excluding carboxylic acids is 3. The number of nitrogens with one attached hydrogen (secondary N) is 1. The second kappa shape index (κ2) is 8.16. The first-order valence-corrected chi connectivity index (χ1v) is 8.80. The lowest BCUT2D eigenvalue weighted by atomic mass is 10.1. The Kier molecular flexibility index (Phi) is 6.20. The van der Waals surface area contributed by atoms with Gasteiger partial charge in [0.1, 0.15) is 5.25 Å². The van der Waals surface area contributed by atoms with E-state index in [4.69, 9.17) is 4.74 Å². The molecule has 25 heavy (non-hydrogen) atoms. The third-order valence-corrected chi connectivity index (χ3v) is 4.89. The molecule has 1 N–H and O–H groups in total. The molecule has 0 aliphatic carbocycles. The second-order valence-electron chi connectivity index (χ2n) is 5.79. The summed E-state index contributed by atoms with van der Waals surface area (Å²) >= 11 is 1.37. The van der Waals surface area contributed by atoms with E-state index in [0.29, 0.717) is 22.5 Å². The van der Waals surface area contributed by atoms with Crippen molar-refractivity contribution < 1.29 is 19.1 Å². The number of esters is 1. The highest BCUT2D eigenvalue weighted by Gasteiger charge is 2.22. The molecular weight excluding hydrogens is 338 g/mol. The van der Waals surface area contributed by atoms with Gasteiger partial charge in [-0.2, -0.15) is 0 Å². The zero-order valence-electron chi connectivity index (χ0n) is 14.7. The number of ether oxygens (including phenoxy) is 1. The number of Topliss-reactive ketones (excluding diaryl/α,β-unsaturated/α-hetero) is 2. The molecule has 0 aliphatic rings. The normalized spacial score (nSPS) is 11.8. The van der Waals surface area contributed by atoms with Gasteiger partial charge in [0.15, 0.2) is 12.4 Å². The largest absolute Gasteiger partial charge is 0.456 e. The molecule has 0 radical (unpaired) electrons. The van der Waals surface area contributed by atoms with Crippen LogP contribution in [0.25, 0.3) is 0 Å². The van der Waals surface area contributed by atoms with E-state index in [1.807, 2.05) is 30.3 Å². The zero-order valence-corrected chi connectivity index (χ0v) is 15.5. The fraction of sp³-hybridized carbons (Fsp3) is 0.316. The minimum atomic E-state index is -0.449. The average molecular weight is 359 g/mol. The number of hydrogen-bond donors (Lipinski definition) is 1. The molecule has 0 unspecified atom stereocenters. The number of carbonyl (C=O) groups is 3. The van der Waals surface area contributed by atoms with Crippen molar-refractivity contribution in [1.29, 1.82) is 0 Å². The molecule has 2 aromatic rings. The summed E-state index contributed by atoms with van der Waals surface area (Å²) < 4.78 is 5.14. The lowest BCUT2D eigenvalue weighted by Crippen LogP contribution is -2.21. The molecule has 132 valence electrons. The first-order valence-electron chi connectivity index (χ1n) is 7.93. The maximum absolute atomic E-state index is 12.3. The third kappa shape index (κ3) is 4.60. The topological polar surface area (TPSA) is 76.2 Å². The summed E-state index contributed by atoms with van der Waals surface area (Å²) in [7, 11) is 0. The van der Waals surface area contributed by atoms with Crippen LogP contribution >= 0.6 is 11.8 Å². The van der Waals surface area contributed by atoms with Crippen molar-refractivity contribution in [1.82, 2.24) is 4.98 Å². The van der Waals surface area contributed by atoms with Crippen LogP contribution in [0.5, 0.6) is 0 Å². The number of aromatic nitrogens is 1. The van der Waals surface area contributed by atoms with Gasteiger partial charge in [-0.05, 0) is 45.4 Å².